The van der Waals surface area contributed by atoms with E-state index in [2.05, 4.69) is 9.97 Å². The van der Waals surface area contributed by atoms with E-state index in [0.29, 0.717) is 25.3 Å². The van der Waals surface area contributed by atoms with Crippen molar-refractivity contribution in [2.45, 2.75) is 32.3 Å². The highest BCUT2D eigenvalue weighted by Gasteiger charge is 2.33. The van der Waals surface area contributed by atoms with Crippen LogP contribution < -0.4 is 0 Å². The molecule has 2 fully saturated rings. The fraction of sp³-hybridized carbons (Fsp3) is 0.526. The van der Waals surface area contributed by atoms with Crippen LogP contribution in [0.4, 0.5) is 0 Å². The van der Waals surface area contributed by atoms with Crippen LogP contribution in [0.15, 0.2) is 18.2 Å². The van der Waals surface area contributed by atoms with Crippen LogP contribution in [0.5, 0.6) is 0 Å². The summed E-state index contributed by atoms with van der Waals surface area (Å²) in [6.45, 7) is 4.68. The summed E-state index contributed by atoms with van der Waals surface area (Å²) in [5.74, 6) is 0.768. The maximum atomic E-state index is 12.9. The Morgan fingerprint density at radius 2 is 1.96 bits per heavy atom. The molecule has 26 heavy (non-hydrogen) atoms. The average molecular weight is 356 g/mol. The summed E-state index contributed by atoms with van der Waals surface area (Å²) in [7, 11) is 0. The lowest BCUT2D eigenvalue weighted by Gasteiger charge is -2.36. The van der Waals surface area contributed by atoms with Crippen LogP contribution in [-0.2, 0) is 9.53 Å². The second-order valence-electron chi connectivity index (χ2n) is 7.05. The first-order chi connectivity index (χ1) is 12.6. The topological polar surface area (TPSA) is 78.5 Å². The molecule has 2 aromatic rings. The van der Waals surface area contributed by atoms with Crippen LogP contribution in [0.1, 0.15) is 35.4 Å². The van der Waals surface area contributed by atoms with Crippen molar-refractivity contribution < 1.29 is 14.3 Å². The van der Waals surface area contributed by atoms with Gasteiger partial charge in [-0.2, -0.15) is 0 Å². The molecule has 1 aromatic heterocycles. The number of piperidine rings is 1. The Bertz CT molecular complexity index is 825. The molecule has 1 unspecified atom stereocenters. The number of H-pyrrole nitrogens is 1. The molecule has 7 nitrogen and oxygen atoms in total. The number of hydrogen-bond acceptors (Lipinski definition) is 4. The highest BCUT2D eigenvalue weighted by atomic mass is 16.5. The third kappa shape index (κ3) is 3.31. The molecular formula is C19H24N4O3. The van der Waals surface area contributed by atoms with Crippen LogP contribution >= 0.6 is 0 Å². The van der Waals surface area contributed by atoms with Crippen molar-refractivity contribution in [3.8, 4) is 0 Å². The van der Waals surface area contributed by atoms with E-state index in [9.17, 15) is 9.59 Å². The number of carbonyl (C=O) groups is 2. The lowest BCUT2D eigenvalue weighted by atomic mass is 10.1. The summed E-state index contributed by atoms with van der Waals surface area (Å²) in [5.41, 5.74) is 2.30. The lowest BCUT2D eigenvalue weighted by molar-refractivity contribution is -0.149. The monoisotopic (exact) mass is 356 g/mol. The predicted molar refractivity (Wildman–Crippen MR) is 96.9 cm³/mol. The molecule has 1 N–H and O–H groups in total. The number of nitrogens with one attached hydrogen (secondary N) is 1. The van der Waals surface area contributed by atoms with Crippen LogP contribution in [0.3, 0.4) is 0 Å². The van der Waals surface area contributed by atoms with Crippen LogP contribution in [-0.4, -0.2) is 70.5 Å². The van der Waals surface area contributed by atoms with Gasteiger partial charge in [0.05, 0.1) is 24.2 Å². The van der Waals surface area contributed by atoms with Gasteiger partial charge in [-0.25, -0.2) is 4.98 Å². The number of carbonyl (C=O) groups excluding carboxylic acids is 2. The molecule has 2 amide bonds. The van der Waals surface area contributed by atoms with E-state index in [-0.39, 0.29) is 11.8 Å². The Hall–Kier alpha value is -2.41. The van der Waals surface area contributed by atoms with Crippen molar-refractivity contribution in [1.82, 2.24) is 19.8 Å². The number of ether oxygens (including phenoxy) is 1. The molecule has 138 valence electrons. The minimum Gasteiger partial charge on any atom is -0.365 e. The highest BCUT2D eigenvalue weighted by molar-refractivity contribution is 5.97. The summed E-state index contributed by atoms with van der Waals surface area (Å²) in [6.07, 6.45) is 2.72. The van der Waals surface area contributed by atoms with E-state index in [1.54, 1.807) is 11.0 Å². The first-order valence-corrected chi connectivity index (χ1v) is 9.28. The molecule has 0 bridgehead atoms. The minimum atomic E-state index is -0.552. The zero-order chi connectivity index (χ0) is 18.1. The van der Waals surface area contributed by atoms with Gasteiger partial charge in [-0.15, -0.1) is 0 Å². The Kier molecular flexibility index (Phi) is 4.63. The number of fused-ring (bicyclic) bond motifs is 1. The zero-order valence-corrected chi connectivity index (χ0v) is 15.0. The van der Waals surface area contributed by atoms with Gasteiger partial charge in [-0.05, 0) is 44.4 Å². The Balaban J connectivity index is 1.47. The van der Waals surface area contributed by atoms with Gasteiger partial charge in [0.25, 0.3) is 11.8 Å². The second-order valence-corrected chi connectivity index (χ2v) is 7.05. The van der Waals surface area contributed by atoms with Gasteiger partial charge in [0.15, 0.2) is 6.10 Å². The molecule has 0 radical (unpaired) electrons. The smallest absolute Gasteiger partial charge is 0.254 e. The first-order valence-electron chi connectivity index (χ1n) is 9.28. The quantitative estimate of drug-likeness (QED) is 0.889. The van der Waals surface area contributed by atoms with Gasteiger partial charge in [0.1, 0.15) is 5.82 Å². The Morgan fingerprint density at radius 3 is 2.77 bits per heavy atom. The number of aromatic nitrogens is 2. The number of imidazole rings is 1. The third-order valence-electron chi connectivity index (χ3n) is 5.14. The molecule has 7 heteroatoms. The van der Waals surface area contributed by atoms with Crippen molar-refractivity contribution in [2.24, 2.45) is 0 Å². The first kappa shape index (κ1) is 17.0. The van der Waals surface area contributed by atoms with E-state index in [1.807, 2.05) is 24.0 Å². The fourth-order valence-electron chi connectivity index (χ4n) is 3.75. The number of hydrogen-bond donors (Lipinski definition) is 1. The van der Waals surface area contributed by atoms with Gasteiger partial charge >= 0.3 is 0 Å². The highest BCUT2D eigenvalue weighted by Crippen LogP contribution is 2.18. The van der Waals surface area contributed by atoms with Crippen LogP contribution in [0.2, 0.25) is 0 Å². The van der Waals surface area contributed by atoms with Crippen molar-refractivity contribution in [1.29, 1.82) is 0 Å². The Labute approximate surface area is 152 Å². The molecule has 1 aromatic carbocycles. The summed E-state index contributed by atoms with van der Waals surface area (Å²) in [4.78, 5) is 36.7. The largest absolute Gasteiger partial charge is 0.365 e. The summed E-state index contributed by atoms with van der Waals surface area (Å²) < 4.78 is 5.68. The van der Waals surface area contributed by atoms with E-state index in [4.69, 9.17) is 4.74 Å². The number of benzene rings is 1. The molecule has 0 spiro atoms. The molecule has 0 saturated carbocycles. The maximum absolute atomic E-state index is 12.9. The Morgan fingerprint density at radius 1 is 1.15 bits per heavy atom. The van der Waals surface area contributed by atoms with Gasteiger partial charge in [0.2, 0.25) is 0 Å². The number of amides is 2. The molecule has 2 saturated heterocycles. The van der Waals surface area contributed by atoms with E-state index in [1.165, 1.54) is 6.42 Å². The molecule has 0 aliphatic carbocycles. The molecule has 2 aliphatic rings. The molecular weight excluding hydrogens is 332 g/mol. The molecule has 2 aliphatic heterocycles. The van der Waals surface area contributed by atoms with Gasteiger partial charge in [0, 0.05) is 25.2 Å². The van der Waals surface area contributed by atoms with E-state index < -0.39 is 6.10 Å². The number of aryl methyl sites for hydroxylation is 1. The number of morpholine rings is 1. The van der Waals surface area contributed by atoms with Crippen LogP contribution in [0, 0.1) is 6.92 Å². The zero-order valence-electron chi connectivity index (χ0n) is 15.0. The summed E-state index contributed by atoms with van der Waals surface area (Å²) in [5, 5.41) is 0. The third-order valence-corrected chi connectivity index (χ3v) is 5.14. The summed E-state index contributed by atoms with van der Waals surface area (Å²) in [6, 6.07) is 5.47. The van der Waals surface area contributed by atoms with Gasteiger partial charge < -0.3 is 19.5 Å². The minimum absolute atomic E-state index is 0.0156. The summed E-state index contributed by atoms with van der Waals surface area (Å²) >= 11 is 0. The normalized spacial score (nSPS) is 21.2. The molecule has 3 heterocycles. The SMILES string of the molecule is Cc1nc2ccc(C(=O)N3CCOC(C(=O)N4CCCCC4)C3)cc2[nH]1. The number of nitrogens with zero attached hydrogens (tertiary/aromatic N) is 3. The number of likely N-dealkylation sites (tertiary alicyclic amines) is 1. The van der Waals surface area contributed by atoms with Crippen molar-refractivity contribution in [3.05, 3.63) is 29.6 Å². The van der Waals surface area contributed by atoms with E-state index >= 15 is 0 Å². The van der Waals surface area contributed by atoms with Gasteiger partial charge in [-0.3, -0.25) is 9.59 Å². The van der Waals surface area contributed by atoms with Crippen molar-refractivity contribution in [3.63, 3.8) is 0 Å². The van der Waals surface area contributed by atoms with E-state index in [0.717, 1.165) is 42.8 Å². The van der Waals surface area contributed by atoms with Crippen LogP contribution in [0.25, 0.3) is 11.0 Å². The lowest BCUT2D eigenvalue weighted by Crippen LogP contribution is -2.53. The fourth-order valence-corrected chi connectivity index (χ4v) is 3.75. The maximum Gasteiger partial charge on any atom is 0.254 e. The average Bonchev–Trinajstić information content (AvgIpc) is 3.06. The second kappa shape index (κ2) is 7.07. The van der Waals surface area contributed by atoms with Crippen molar-refractivity contribution in [2.75, 3.05) is 32.8 Å². The van der Waals surface area contributed by atoms with Gasteiger partial charge in [-0.1, -0.05) is 0 Å². The standard InChI is InChI=1S/C19H24N4O3/c1-13-20-15-6-5-14(11-16(15)21-13)18(24)23-9-10-26-17(12-23)19(25)22-7-3-2-4-8-22/h5-6,11,17H,2-4,7-10,12H2,1H3,(H,20,21). The number of aromatic amines is 1. The molecule has 4 rings (SSSR count). The predicted octanol–water partition coefficient (Wildman–Crippen LogP) is 1.72. The molecule has 1 atom stereocenters. The number of rotatable bonds is 2. The van der Waals surface area contributed by atoms with Crippen molar-refractivity contribution >= 4 is 22.8 Å².